The summed E-state index contributed by atoms with van der Waals surface area (Å²) in [5, 5.41) is 2.94. The van der Waals surface area contributed by atoms with Gasteiger partial charge in [-0.25, -0.2) is 8.42 Å². The number of sulfonamides is 1. The van der Waals surface area contributed by atoms with Crippen molar-refractivity contribution in [3.05, 3.63) is 64.1 Å². The molecule has 9 heteroatoms. The van der Waals surface area contributed by atoms with Crippen LogP contribution in [-0.2, 0) is 26.2 Å². The first-order chi connectivity index (χ1) is 16.2. The zero-order valence-electron chi connectivity index (χ0n) is 21.3. The Morgan fingerprint density at radius 3 is 2.31 bits per heavy atom. The highest BCUT2D eigenvalue weighted by atomic mass is 79.9. The second-order valence-corrected chi connectivity index (χ2v) is 12.6. The highest BCUT2D eigenvalue weighted by Gasteiger charge is 2.28. The van der Waals surface area contributed by atoms with E-state index in [1.54, 1.807) is 24.0 Å². The SMILES string of the molecule is Cc1ccccc1N(CCCC(=O)N(Cc1cccc(Br)c1)[C@@H](C)C(=O)NC(C)(C)C)S(C)(=O)=O. The Bertz CT molecular complexity index is 1150. The molecule has 0 spiro atoms. The molecule has 7 nitrogen and oxygen atoms in total. The van der Waals surface area contributed by atoms with E-state index in [0.717, 1.165) is 15.6 Å². The molecule has 2 rings (SSSR count). The molecule has 192 valence electrons. The second-order valence-electron chi connectivity index (χ2n) is 9.79. The summed E-state index contributed by atoms with van der Waals surface area (Å²) >= 11 is 3.45. The summed E-state index contributed by atoms with van der Waals surface area (Å²) in [7, 11) is -3.52. The van der Waals surface area contributed by atoms with Crippen molar-refractivity contribution < 1.29 is 18.0 Å². The van der Waals surface area contributed by atoms with E-state index in [2.05, 4.69) is 21.2 Å². The lowest BCUT2D eigenvalue weighted by atomic mass is 10.1. The number of nitrogens with one attached hydrogen (secondary N) is 1. The maximum atomic E-state index is 13.3. The number of hydrogen-bond donors (Lipinski definition) is 1. The Morgan fingerprint density at radius 1 is 1.09 bits per heavy atom. The van der Waals surface area contributed by atoms with Gasteiger partial charge in [-0.05, 0) is 70.4 Å². The quantitative estimate of drug-likeness (QED) is 0.454. The largest absolute Gasteiger partial charge is 0.350 e. The first kappa shape index (κ1) is 28.8. The molecule has 0 heterocycles. The zero-order valence-corrected chi connectivity index (χ0v) is 23.7. The van der Waals surface area contributed by atoms with E-state index >= 15 is 0 Å². The van der Waals surface area contributed by atoms with Gasteiger partial charge in [0.2, 0.25) is 21.8 Å². The van der Waals surface area contributed by atoms with Crippen LogP contribution >= 0.6 is 15.9 Å². The molecule has 1 atom stereocenters. The number of hydrogen-bond acceptors (Lipinski definition) is 4. The molecule has 0 aromatic heterocycles. The summed E-state index contributed by atoms with van der Waals surface area (Å²) in [6, 6.07) is 14.2. The van der Waals surface area contributed by atoms with E-state index in [1.807, 2.05) is 64.1 Å². The number of benzene rings is 2. The standard InChI is InChI=1S/C26H36BrN3O4S/c1-19-11-7-8-14-23(19)30(35(6,33)34)16-10-15-24(31)29(18-21-12-9-13-22(27)17-21)20(2)25(32)28-26(3,4)5/h7-9,11-14,17,20H,10,15-16,18H2,1-6H3,(H,28,32)/t20-/m0/s1. The molecule has 2 aromatic rings. The van der Waals surface area contributed by atoms with Crippen LogP contribution in [-0.4, -0.2) is 49.5 Å². The number of rotatable bonds is 10. The maximum absolute atomic E-state index is 13.3. The fourth-order valence-electron chi connectivity index (χ4n) is 3.71. The highest BCUT2D eigenvalue weighted by molar-refractivity contribution is 9.10. The van der Waals surface area contributed by atoms with Gasteiger partial charge in [0.1, 0.15) is 6.04 Å². The summed E-state index contributed by atoms with van der Waals surface area (Å²) in [6.45, 7) is 9.69. The third-order valence-corrected chi connectivity index (χ3v) is 7.12. The number of amides is 2. The molecule has 35 heavy (non-hydrogen) atoms. The van der Waals surface area contributed by atoms with Crippen molar-refractivity contribution in [2.24, 2.45) is 0 Å². The van der Waals surface area contributed by atoms with Gasteiger partial charge < -0.3 is 10.2 Å². The van der Waals surface area contributed by atoms with E-state index in [1.165, 1.54) is 10.6 Å². The minimum Gasteiger partial charge on any atom is -0.350 e. The van der Waals surface area contributed by atoms with Crippen LogP contribution in [0.4, 0.5) is 5.69 Å². The van der Waals surface area contributed by atoms with Gasteiger partial charge in [0.05, 0.1) is 11.9 Å². The summed E-state index contributed by atoms with van der Waals surface area (Å²) in [5.74, 6) is -0.446. The number of carbonyl (C=O) groups excluding carboxylic acids is 2. The van der Waals surface area contributed by atoms with Crippen molar-refractivity contribution in [1.29, 1.82) is 0 Å². The zero-order chi connectivity index (χ0) is 26.4. The molecule has 0 saturated heterocycles. The average molecular weight is 567 g/mol. The summed E-state index contributed by atoms with van der Waals surface area (Å²) in [6.07, 6.45) is 1.60. The van der Waals surface area contributed by atoms with Gasteiger partial charge in [-0.1, -0.05) is 46.3 Å². The van der Waals surface area contributed by atoms with Crippen LogP contribution < -0.4 is 9.62 Å². The molecule has 1 N–H and O–H groups in total. The maximum Gasteiger partial charge on any atom is 0.242 e. The first-order valence-electron chi connectivity index (χ1n) is 11.6. The van der Waals surface area contributed by atoms with E-state index < -0.39 is 21.6 Å². The van der Waals surface area contributed by atoms with Gasteiger partial charge in [-0.3, -0.25) is 13.9 Å². The Morgan fingerprint density at radius 2 is 1.74 bits per heavy atom. The van der Waals surface area contributed by atoms with Gasteiger partial charge >= 0.3 is 0 Å². The van der Waals surface area contributed by atoms with Crippen LogP contribution in [0.5, 0.6) is 0 Å². The summed E-state index contributed by atoms with van der Waals surface area (Å²) < 4.78 is 27.2. The van der Waals surface area contributed by atoms with Crippen molar-refractivity contribution in [1.82, 2.24) is 10.2 Å². The van der Waals surface area contributed by atoms with Crippen molar-refractivity contribution in [3.8, 4) is 0 Å². The minimum atomic E-state index is -3.52. The van der Waals surface area contributed by atoms with Gasteiger partial charge in [-0.2, -0.15) is 0 Å². The van der Waals surface area contributed by atoms with Crippen LogP contribution in [0.15, 0.2) is 53.0 Å². The smallest absolute Gasteiger partial charge is 0.242 e. The molecule has 0 radical (unpaired) electrons. The summed E-state index contributed by atoms with van der Waals surface area (Å²) in [4.78, 5) is 27.8. The molecule has 0 saturated carbocycles. The molecular formula is C26H36BrN3O4S. The number of nitrogens with zero attached hydrogens (tertiary/aromatic N) is 2. The molecule has 0 bridgehead atoms. The number of anilines is 1. The lowest BCUT2D eigenvalue weighted by Crippen LogP contribution is -2.52. The predicted octanol–water partition coefficient (Wildman–Crippen LogP) is 4.64. The Kier molecular flexibility index (Phi) is 9.92. The number of aryl methyl sites for hydroxylation is 1. The fourth-order valence-corrected chi connectivity index (χ4v) is 5.18. The van der Waals surface area contributed by atoms with E-state index in [-0.39, 0.29) is 31.3 Å². The molecule has 0 aliphatic rings. The van der Waals surface area contributed by atoms with Crippen LogP contribution in [0.1, 0.15) is 51.7 Å². The molecule has 0 aliphatic carbocycles. The molecule has 0 fully saturated rings. The number of carbonyl (C=O) groups is 2. The fraction of sp³-hybridized carbons (Fsp3) is 0.462. The van der Waals surface area contributed by atoms with Gasteiger partial charge in [0.25, 0.3) is 0 Å². The first-order valence-corrected chi connectivity index (χ1v) is 14.2. The molecule has 0 unspecified atom stereocenters. The monoisotopic (exact) mass is 565 g/mol. The lowest BCUT2D eigenvalue weighted by Gasteiger charge is -2.32. The van der Waals surface area contributed by atoms with Crippen molar-refractivity contribution in [3.63, 3.8) is 0 Å². The second kappa shape index (κ2) is 12.0. The minimum absolute atomic E-state index is 0.110. The molecule has 2 aromatic carbocycles. The van der Waals surface area contributed by atoms with Crippen LogP contribution in [0.2, 0.25) is 0 Å². The predicted molar refractivity (Wildman–Crippen MR) is 145 cm³/mol. The molecule has 0 aliphatic heterocycles. The third-order valence-electron chi connectivity index (χ3n) is 5.44. The van der Waals surface area contributed by atoms with Crippen molar-refractivity contribution in [2.45, 2.75) is 65.6 Å². The van der Waals surface area contributed by atoms with Crippen molar-refractivity contribution in [2.75, 3.05) is 17.1 Å². The number of halogens is 1. The normalized spacial score (nSPS) is 12.7. The summed E-state index contributed by atoms with van der Waals surface area (Å²) in [5.41, 5.74) is 1.90. The van der Waals surface area contributed by atoms with E-state index in [9.17, 15) is 18.0 Å². The van der Waals surface area contributed by atoms with Crippen LogP contribution in [0.25, 0.3) is 0 Å². The average Bonchev–Trinajstić information content (AvgIpc) is 2.73. The molecular weight excluding hydrogens is 530 g/mol. The van der Waals surface area contributed by atoms with Gasteiger partial charge in [-0.15, -0.1) is 0 Å². The van der Waals surface area contributed by atoms with E-state index in [0.29, 0.717) is 12.1 Å². The number of para-hydroxylation sites is 1. The van der Waals surface area contributed by atoms with Crippen LogP contribution in [0, 0.1) is 6.92 Å². The Balaban J connectivity index is 2.20. The Hall–Kier alpha value is -2.39. The van der Waals surface area contributed by atoms with Crippen LogP contribution in [0.3, 0.4) is 0 Å². The lowest BCUT2D eigenvalue weighted by molar-refractivity contribution is -0.141. The third kappa shape index (κ3) is 8.96. The highest BCUT2D eigenvalue weighted by Crippen LogP contribution is 2.23. The Labute approximate surface area is 218 Å². The molecule has 2 amide bonds. The van der Waals surface area contributed by atoms with Gasteiger partial charge in [0, 0.05) is 29.5 Å². The topological polar surface area (TPSA) is 86.8 Å². The van der Waals surface area contributed by atoms with E-state index in [4.69, 9.17) is 0 Å². The van der Waals surface area contributed by atoms with Crippen molar-refractivity contribution >= 4 is 43.5 Å². The van der Waals surface area contributed by atoms with Gasteiger partial charge in [0.15, 0.2) is 0 Å².